The second-order valence-electron chi connectivity index (χ2n) is 5.39. The van der Waals surface area contributed by atoms with Gasteiger partial charge < -0.3 is 10.0 Å². The summed E-state index contributed by atoms with van der Waals surface area (Å²) in [6, 6.07) is 7.06. The minimum atomic E-state index is -1.22. The Morgan fingerprint density at radius 1 is 1.40 bits per heavy atom. The van der Waals surface area contributed by atoms with E-state index < -0.39 is 11.4 Å². The van der Waals surface area contributed by atoms with Crippen LogP contribution < -0.4 is 0 Å². The molecule has 2 rings (SSSR count). The zero-order valence-corrected chi connectivity index (χ0v) is 12.4. The summed E-state index contributed by atoms with van der Waals surface area (Å²) in [5, 5.41) is 9.93. The molecule has 0 radical (unpaired) electrons. The fraction of sp³-hybridized carbons (Fsp3) is 0.467. The molecule has 1 saturated carbocycles. The quantitative estimate of drug-likeness (QED) is 0.868. The van der Waals surface area contributed by atoms with Gasteiger partial charge in [0.2, 0.25) is 5.91 Å². The Labute approximate surface area is 123 Å². The molecule has 1 atom stereocenters. The average Bonchev–Trinajstić information content (AvgIpc) is 2.35. The minimum Gasteiger partial charge on any atom is -0.480 e. The highest BCUT2D eigenvalue weighted by atomic mass is 35.5. The third-order valence-corrected chi connectivity index (χ3v) is 4.49. The number of amides is 1. The van der Waals surface area contributed by atoms with Crippen molar-refractivity contribution in [2.24, 2.45) is 5.41 Å². The normalized spacial score (nSPS) is 17.9. The predicted molar refractivity (Wildman–Crippen MR) is 76.6 cm³/mol. The van der Waals surface area contributed by atoms with E-state index in [9.17, 15) is 14.7 Å². The number of benzene rings is 1. The Balaban J connectivity index is 2.20. The topological polar surface area (TPSA) is 57.6 Å². The molecule has 0 aliphatic heterocycles. The molecule has 5 heteroatoms. The van der Waals surface area contributed by atoms with Crippen LogP contribution in [0.1, 0.15) is 37.8 Å². The number of halogens is 1. The van der Waals surface area contributed by atoms with E-state index in [4.69, 9.17) is 11.6 Å². The zero-order valence-electron chi connectivity index (χ0n) is 11.6. The highest BCUT2D eigenvalue weighted by Crippen LogP contribution is 2.43. The monoisotopic (exact) mass is 295 g/mol. The van der Waals surface area contributed by atoms with Crippen LogP contribution in [0.25, 0.3) is 0 Å². The van der Waals surface area contributed by atoms with Crippen molar-refractivity contribution in [2.75, 3.05) is 7.05 Å². The number of carbonyl (C=O) groups is 2. The maximum Gasteiger partial charge on any atom is 0.319 e. The lowest BCUT2D eigenvalue weighted by Gasteiger charge is -2.40. The number of carboxylic acids is 1. The summed E-state index contributed by atoms with van der Waals surface area (Å²) in [5.41, 5.74) is -0.324. The molecule has 0 aromatic heterocycles. The first-order chi connectivity index (χ1) is 9.38. The van der Waals surface area contributed by atoms with Crippen LogP contribution in [0.5, 0.6) is 0 Å². The molecular weight excluding hydrogens is 278 g/mol. The largest absolute Gasteiger partial charge is 0.480 e. The fourth-order valence-corrected chi connectivity index (χ4v) is 2.75. The van der Waals surface area contributed by atoms with E-state index in [2.05, 4.69) is 0 Å². The van der Waals surface area contributed by atoms with E-state index in [0.29, 0.717) is 17.9 Å². The van der Waals surface area contributed by atoms with Crippen LogP contribution >= 0.6 is 11.6 Å². The highest BCUT2D eigenvalue weighted by molar-refractivity contribution is 6.30. The van der Waals surface area contributed by atoms with Gasteiger partial charge in [-0.3, -0.25) is 9.59 Å². The maximum atomic E-state index is 12.5. The van der Waals surface area contributed by atoms with Crippen molar-refractivity contribution in [1.29, 1.82) is 0 Å². The van der Waals surface area contributed by atoms with E-state index in [1.165, 1.54) is 4.90 Å². The molecule has 4 nitrogen and oxygen atoms in total. The van der Waals surface area contributed by atoms with E-state index in [0.717, 1.165) is 12.0 Å². The third-order valence-electron chi connectivity index (χ3n) is 4.26. The third kappa shape index (κ3) is 2.40. The maximum absolute atomic E-state index is 12.5. The van der Waals surface area contributed by atoms with Crippen molar-refractivity contribution in [3.8, 4) is 0 Å². The number of aliphatic carboxylic acids is 1. The van der Waals surface area contributed by atoms with Crippen LogP contribution in [0, 0.1) is 5.41 Å². The number of hydrogen-bond acceptors (Lipinski definition) is 2. The molecule has 108 valence electrons. The average molecular weight is 296 g/mol. The van der Waals surface area contributed by atoms with Gasteiger partial charge in [-0.15, -0.1) is 0 Å². The second-order valence-corrected chi connectivity index (χ2v) is 5.82. The lowest BCUT2D eigenvalue weighted by atomic mass is 9.67. The van der Waals surface area contributed by atoms with Gasteiger partial charge in [0.15, 0.2) is 0 Å². The minimum absolute atomic E-state index is 0.210. The molecule has 0 bridgehead atoms. The Hall–Kier alpha value is -1.55. The summed E-state index contributed by atoms with van der Waals surface area (Å²) < 4.78 is 0. The van der Waals surface area contributed by atoms with Crippen LogP contribution in [0.2, 0.25) is 5.02 Å². The van der Waals surface area contributed by atoms with Crippen LogP contribution in [0.4, 0.5) is 0 Å². The van der Waals surface area contributed by atoms with Crippen molar-refractivity contribution < 1.29 is 14.7 Å². The number of hydrogen-bond donors (Lipinski definition) is 1. The van der Waals surface area contributed by atoms with Crippen molar-refractivity contribution in [1.82, 2.24) is 4.90 Å². The molecule has 1 aliphatic carbocycles. The second kappa shape index (κ2) is 5.44. The first-order valence-electron chi connectivity index (χ1n) is 6.64. The van der Waals surface area contributed by atoms with E-state index in [1.807, 2.05) is 19.1 Å². The van der Waals surface area contributed by atoms with Gasteiger partial charge in [0.1, 0.15) is 5.41 Å². The molecule has 1 N–H and O–H groups in total. The summed E-state index contributed by atoms with van der Waals surface area (Å²) in [7, 11) is 1.65. The Morgan fingerprint density at radius 2 is 2.05 bits per heavy atom. The first kappa shape index (κ1) is 14.9. The Bertz CT molecular complexity index is 540. The molecule has 1 aromatic rings. The summed E-state index contributed by atoms with van der Waals surface area (Å²) in [5.74, 6) is -1.33. The van der Waals surface area contributed by atoms with Gasteiger partial charge in [-0.25, -0.2) is 0 Å². The van der Waals surface area contributed by atoms with Crippen molar-refractivity contribution in [3.05, 3.63) is 34.9 Å². The molecule has 1 amide bonds. The number of carbonyl (C=O) groups excluding carboxylic acids is 1. The van der Waals surface area contributed by atoms with Gasteiger partial charge >= 0.3 is 5.97 Å². The van der Waals surface area contributed by atoms with Crippen LogP contribution in [-0.4, -0.2) is 28.9 Å². The summed E-state index contributed by atoms with van der Waals surface area (Å²) in [6.07, 6.45) is 1.64. The van der Waals surface area contributed by atoms with Crippen molar-refractivity contribution in [2.45, 2.75) is 32.2 Å². The Kier molecular flexibility index (Phi) is 4.04. The van der Waals surface area contributed by atoms with Gasteiger partial charge in [0.05, 0.1) is 6.04 Å². The van der Waals surface area contributed by atoms with Gasteiger partial charge in [-0.2, -0.15) is 0 Å². The molecule has 20 heavy (non-hydrogen) atoms. The molecule has 0 saturated heterocycles. The fourth-order valence-electron chi connectivity index (χ4n) is 2.55. The van der Waals surface area contributed by atoms with Gasteiger partial charge in [0, 0.05) is 12.1 Å². The van der Waals surface area contributed by atoms with E-state index in [1.54, 1.807) is 19.2 Å². The highest BCUT2D eigenvalue weighted by Gasteiger charge is 2.52. The Morgan fingerprint density at radius 3 is 2.50 bits per heavy atom. The van der Waals surface area contributed by atoms with E-state index in [-0.39, 0.29) is 11.9 Å². The van der Waals surface area contributed by atoms with Gasteiger partial charge in [-0.1, -0.05) is 30.2 Å². The molecule has 1 fully saturated rings. The lowest BCUT2D eigenvalue weighted by Crippen LogP contribution is -2.52. The summed E-state index contributed by atoms with van der Waals surface area (Å²) in [6.45, 7) is 1.87. The lowest BCUT2D eigenvalue weighted by molar-refractivity contribution is -0.167. The molecule has 1 unspecified atom stereocenters. The van der Waals surface area contributed by atoms with Crippen molar-refractivity contribution >= 4 is 23.5 Å². The molecule has 1 aromatic carbocycles. The number of nitrogens with zero attached hydrogens (tertiary/aromatic N) is 1. The number of rotatable bonds is 4. The van der Waals surface area contributed by atoms with Crippen molar-refractivity contribution in [3.63, 3.8) is 0 Å². The molecular formula is C15H18ClNO3. The first-order valence-corrected chi connectivity index (χ1v) is 7.02. The van der Waals surface area contributed by atoms with Gasteiger partial charge in [-0.05, 0) is 37.5 Å². The number of carboxylic acid groups (broad SMARTS) is 1. The van der Waals surface area contributed by atoms with Gasteiger partial charge in [0.25, 0.3) is 0 Å². The van der Waals surface area contributed by atoms with Crippen LogP contribution in [0.3, 0.4) is 0 Å². The molecule has 1 aliphatic rings. The standard InChI is InChI=1S/C15H18ClNO3/c1-10(11-5-3-6-12(16)9-11)17(2)13(18)15(14(19)20)7-4-8-15/h3,5-6,9-10H,4,7-8H2,1-2H3,(H,19,20). The van der Waals surface area contributed by atoms with E-state index >= 15 is 0 Å². The van der Waals surface area contributed by atoms with Crippen LogP contribution in [0.15, 0.2) is 24.3 Å². The van der Waals surface area contributed by atoms with Crippen LogP contribution in [-0.2, 0) is 9.59 Å². The smallest absolute Gasteiger partial charge is 0.319 e. The summed E-state index contributed by atoms with van der Waals surface area (Å²) >= 11 is 5.95. The summed E-state index contributed by atoms with van der Waals surface area (Å²) in [4.78, 5) is 25.4. The SMILES string of the molecule is CC(c1cccc(Cl)c1)N(C)C(=O)C1(C(=O)O)CCC1. The predicted octanol–water partition coefficient (Wildman–Crippen LogP) is 3.11. The molecule has 0 heterocycles. The zero-order chi connectivity index (χ0) is 14.9. The molecule has 0 spiro atoms.